The van der Waals surface area contributed by atoms with Crippen molar-refractivity contribution in [1.29, 1.82) is 0 Å². The minimum absolute atomic E-state index is 0.224. The first-order valence-electron chi connectivity index (χ1n) is 7.84. The van der Waals surface area contributed by atoms with Crippen molar-refractivity contribution in [2.45, 2.75) is 51.8 Å². The quantitative estimate of drug-likeness (QED) is 0.538. The van der Waals surface area contributed by atoms with Crippen LogP contribution in [-0.2, 0) is 20.9 Å². The molecule has 2 rings (SSSR count). The van der Waals surface area contributed by atoms with Crippen LogP contribution in [0.4, 0.5) is 0 Å². The first-order chi connectivity index (χ1) is 11.6. The molecule has 9 heteroatoms. The number of rotatable bonds is 4. The first kappa shape index (κ1) is 19.3. The summed E-state index contributed by atoms with van der Waals surface area (Å²) in [5, 5.41) is 8.16. The summed E-state index contributed by atoms with van der Waals surface area (Å²) < 4.78 is 5.51. The van der Waals surface area contributed by atoms with Crippen molar-refractivity contribution in [2.75, 3.05) is 0 Å². The van der Waals surface area contributed by atoms with Gasteiger partial charge in [-0.25, -0.2) is 0 Å². The molecule has 1 aliphatic rings. The van der Waals surface area contributed by atoms with Gasteiger partial charge in [-0.1, -0.05) is 0 Å². The highest BCUT2D eigenvalue weighted by molar-refractivity contribution is 7.80. The van der Waals surface area contributed by atoms with Crippen molar-refractivity contribution < 1.29 is 19.1 Å². The predicted molar refractivity (Wildman–Crippen MR) is 98.2 cm³/mol. The lowest BCUT2D eigenvalue weighted by Gasteiger charge is -2.21. The second-order valence-electron chi connectivity index (χ2n) is 6.60. The van der Waals surface area contributed by atoms with Gasteiger partial charge in [0.1, 0.15) is 11.6 Å². The molecule has 3 amide bonds. The number of imide groups is 1. The lowest BCUT2D eigenvalue weighted by atomic mass is 10.1. The fourth-order valence-corrected chi connectivity index (χ4v) is 3.30. The van der Waals surface area contributed by atoms with Gasteiger partial charge in [-0.2, -0.15) is 0 Å². The van der Waals surface area contributed by atoms with Crippen molar-refractivity contribution in [3.63, 3.8) is 0 Å². The van der Waals surface area contributed by atoms with Gasteiger partial charge in [0.2, 0.25) is 11.8 Å². The van der Waals surface area contributed by atoms with Gasteiger partial charge in [0.15, 0.2) is 0 Å². The van der Waals surface area contributed by atoms with E-state index in [0.717, 1.165) is 4.88 Å². The van der Waals surface area contributed by atoms with Gasteiger partial charge < -0.3 is 15.4 Å². The molecule has 0 aliphatic carbocycles. The van der Waals surface area contributed by atoms with E-state index in [2.05, 4.69) is 16.0 Å². The number of amides is 3. The highest BCUT2D eigenvalue weighted by Gasteiger charge is 2.28. The Morgan fingerprint density at radius 2 is 2.12 bits per heavy atom. The van der Waals surface area contributed by atoms with Crippen LogP contribution < -0.4 is 16.0 Å². The summed E-state index contributed by atoms with van der Waals surface area (Å²) in [6, 6.07) is 2.83. The van der Waals surface area contributed by atoms with E-state index in [1.54, 1.807) is 6.07 Å². The Labute approximate surface area is 155 Å². The molecule has 0 saturated carbocycles. The molecule has 0 bridgehead atoms. The van der Waals surface area contributed by atoms with Crippen molar-refractivity contribution in [3.8, 4) is 0 Å². The summed E-state index contributed by atoms with van der Waals surface area (Å²) in [5.74, 6) is -1.11. The van der Waals surface area contributed by atoms with E-state index in [1.807, 2.05) is 26.8 Å². The lowest BCUT2D eigenvalue weighted by molar-refractivity contribution is -0.134. The van der Waals surface area contributed by atoms with Crippen LogP contribution in [0.5, 0.6) is 0 Å². The molecular formula is C16H21N3O4S2. The number of ether oxygens (including phenoxy) is 1. The molecule has 1 atom stereocenters. The monoisotopic (exact) mass is 383 g/mol. The van der Waals surface area contributed by atoms with Crippen molar-refractivity contribution in [2.24, 2.45) is 0 Å². The zero-order valence-corrected chi connectivity index (χ0v) is 15.9. The number of hydrogen-bond acceptors (Lipinski definition) is 6. The molecule has 0 spiro atoms. The molecule has 0 radical (unpaired) electrons. The number of carbonyl (C=O) groups excluding carboxylic acids is 3. The van der Waals surface area contributed by atoms with E-state index in [4.69, 9.17) is 17.0 Å². The van der Waals surface area contributed by atoms with Gasteiger partial charge in [-0.15, -0.1) is 11.3 Å². The third-order valence-corrected chi connectivity index (χ3v) is 4.55. The largest absolute Gasteiger partial charge is 0.465 e. The molecule has 7 nitrogen and oxygen atoms in total. The maximum absolute atomic E-state index is 12.2. The average Bonchev–Trinajstić information content (AvgIpc) is 2.95. The van der Waals surface area contributed by atoms with E-state index < -0.39 is 11.9 Å². The van der Waals surface area contributed by atoms with Crippen LogP contribution in [0.25, 0.3) is 0 Å². The summed E-state index contributed by atoms with van der Waals surface area (Å²) in [7, 11) is 0. The molecule has 2 heterocycles. The van der Waals surface area contributed by atoms with Gasteiger partial charge in [0.25, 0.3) is 11.1 Å². The van der Waals surface area contributed by atoms with Gasteiger partial charge in [-0.3, -0.25) is 19.7 Å². The summed E-state index contributed by atoms with van der Waals surface area (Å²) in [6.45, 7) is 6.17. The van der Waals surface area contributed by atoms with Crippen LogP contribution in [0.2, 0.25) is 0 Å². The molecular weight excluding hydrogens is 362 g/mol. The Balaban J connectivity index is 1.86. The van der Waals surface area contributed by atoms with Crippen LogP contribution >= 0.6 is 23.6 Å². The zero-order valence-electron chi connectivity index (χ0n) is 14.3. The van der Waals surface area contributed by atoms with E-state index in [0.29, 0.717) is 23.0 Å². The van der Waals surface area contributed by atoms with E-state index in [1.165, 1.54) is 11.3 Å². The molecule has 1 aromatic heterocycles. The fraction of sp³-hybridized carbons (Fsp3) is 0.500. The molecule has 1 aliphatic heterocycles. The Morgan fingerprint density at radius 3 is 2.76 bits per heavy atom. The fourth-order valence-electron chi connectivity index (χ4n) is 2.13. The highest BCUT2D eigenvalue weighted by atomic mass is 32.1. The maximum Gasteiger partial charge on any atom is 0.262 e. The Hall–Kier alpha value is -2.00. The predicted octanol–water partition coefficient (Wildman–Crippen LogP) is 1.47. The number of hydrogen-bond donors (Lipinski definition) is 3. The van der Waals surface area contributed by atoms with Gasteiger partial charge >= 0.3 is 0 Å². The molecule has 1 fully saturated rings. The molecule has 25 heavy (non-hydrogen) atoms. The molecule has 3 N–H and O–H groups in total. The van der Waals surface area contributed by atoms with Crippen LogP contribution in [0.1, 0.15) is 48.2 Å². The molecule has 1 saturated heterocycles. The number of piperidine rings is 1. The molecule has 136 valence electrons. The number of carbonyl (C=O) groups is 3. The Bertz CT molecular complexity index is 694. The topological polar surface area (TPSA) is 96.5 Å². The van der Waals surface area contributed by atoms with Crippen molar-refractivity contribution in [1.82, 2.24) is 16.0 Å². The standard InChI is InChI=1S/C16H21N3O4S2/c1-16(2,3)23-15(24)17-8-9-4-6-11(25-9)14(22)18-10-5-7-12(20)19-13(10)21/h4,6,10H,5,7-8H2,1-3H3,(H,17,24)(H,18,22)(H,19,20,21). The zero-order chi connectivity index (χ0) is 18.6. The van der Waals surface area contributed by atoms with Gasteiger partial charge in [0, 0.05) is 11.3 Å². The lowest BCUT2D eigenvalue weighted by Crippen LogP contribution is -2.52. The number of thiophene rings is 1. The molecule has 1 aromatic rings. The van der Waals surface area contributed by atoms with Gasteiger partial charge in [0.05, 0.1) is 11.4 Å². The van der Waals surface area contributed by atoms with Crippen LogP contribution in [0.3, 0.4) is 0 Å². The minimum atomic E-state index is -0.679. The van der Waals surface area contributed by atoms with E-state index in [-0.39, 0.29) is 23.8 Å². The normalized spacial score (nSPS) is 17.6. The van der Waals surface area contributed by atoms with Crippen LogP contribution in [-0.4, -0.2) is 34.5 Å². The third-order valence-electron chi connectivity index (χ3n) is 3.24. The van der Waals surface area contributed by atoms with Crippen LogP contribution in [0, 0.1) is 0 Å². The summed E-state index contributed by atoms with van der Waals surface area (Å²) >= 11 is 6.41. The van der Waals surface area contributed by atoms with Gasteiger partial charge in [-0.05, 0) is 51.5 Å². The molecule has 1 unspecified atom stereocenters. The van der Waals surface area contributed by atoms with Crippen molar-refractivity contribution >= 4 is 46.5 Å². The molecule has 0 aromatic carbocycles. The van der Waals surface area contributed by atoms with Crippen molar-refractivity contribution in [3.05, 3.63) is 21.9 Å². The van der Waals surface area contributed by atoms with Crippen LogP contribution in [0.15, 0.2) is 12.1 Å². The summed E-state index contributed by atoms with van der Waals surface area (Å²) in [4.78, 5) is 36.5. The number of nitrogens with one attached hydrogen (secondary N) is 3. The highest BCUT2D eigenvalue weighted by Crippen LogP contribution is 2.17. The third kappa shape index (κ3) is 6.09. The number of thiocarbonyl (C=S) groups is 1. The second-order valence-corrected chi connectivity index (χ2v) is 8.14. The Kier molecular flexibility index (Phi) is 6.12. The summed E-state index contributed by atoms with van der Waals surface area (Å²) in [5.41, 5.74) is -0.369. The van der Waals surface area contributed by atoms with E-state index >= 15 is 0 Å². The SMILES string of the molecule is CC(C)(C)OC(=S)NCc1ccc(C(=O)NC2CCC(=O)NC2=O)s1. The summed E-state index contributed by atoms with van der Waals surface area (Å²) in [6.07, 6.45) is 0.538. The second kappa shape index (κ2) is 7.92. The smallest absolute Gasteiger partial charge is 0.262 e. The van der Waals surface area contributed by atoms with E-state index in [9.17, 15) is 14.4 Å². The maximum atomic E-state index is 12.2. The Morgan fingerprint density at radius 1 is 1.40 bits per heavy atom. The average molecular weight is 383 g/mol. The first-order valence-corrected chi connectivity index (χ1v) is 9.06. The minimum Gasteiger partial charge on any atom is -0.465 e.